The quantitative estimate of drug-likeness (QED) is 0.805. The number of rotatable bonds is 3. The number of aryl methyl sites for hydroxylation is 2. The van der Waals surface area contributed by atoms with E-state index in [1.807, 2.05) is 0 Å². The minimum Gasteiger partial charge on any atom is -0.382 e. The van der Waals surface area contributed by atoms with E-state index < -0.39 is 0 Å². The Morgan fingerprint density at radius 1 is 1.35 bits per heavy atom. The normalized spacial score (nSPS) is 22.7. The average Bonchev–Trinajstić information content (AvgIpc) is 2.61. The van der Waals surface area contributed by atoms with E-state index in [2.05, 4.69) is 51.2 Å². The topological polar surface area (TPSA) is 12.0 Å². The van der Waals surface area contributed by atoms with Crippen LogP contribution in [0.4, 0.5) is 5.69 Å². The summed E-state index contributed by atoms with van der Waals surface area (Å²) in [4.78, 5) is 0. The van der Waals surface area contributed by atoms with Crippen LogP contribution in [-0.2, 0) is 6.42 Å². The van der Waals surface area contributed by atoms with Crippen molar-refractivity contribution < 1.29 is 0 Å². The molecule has 94 valence electrons. The second-order valence-corrected chi connectivity index (χ2v) is 6.21. The van der Waals surface area contributed by atoms with Gasteiger partial charge in [-0.05, 0) is 49.1 Å². The minimum atomic E-state index is 0.521. The van der Waals surface area contributed by atoms with Crippen LogP contribution in [0.25, 0.3) is 0 Å². The lowest BCUT2D eigenvalue weighted by molar-refractivity contribution is 0.378. The maximum Gasteiger partial charge on any atom is 0.0404 e. The molecule has 0 spiro atoms. The SMILES string of the molecule is CCc1cccc(C)c1NC1CCC(C)(C)C1. The summed E-state index contributed by atoms with van der Waals surface area (Å²) in [5.74, 6) is 0. The molecule has 0 bridgehead atoms. The van der Waals surface area contributed by atoms with Crippen molar-refractivity contribution in [1.82, 2.24) is 0 Å². The lowest BCUT2D eigenvalue weighted by atomic mass is 9.91. The fourth-order valence-corrected chi connectivity index (χ4v) is 2.99. The van der Waals surface area contributed by atoms with Gasteiger partial charge in [0, 0.05) is 11.7 Å². The smallest absolute Gasteiger partial charge is 0.0404 e. The molecule has 1 saturated carbocycles. The Kier molecular flexibility index (Phi) is 3.46. The van der Waals surface area contributed by atoms with Crippen molar-refractivity contribution in [2.75, 3.05) is 5.32 Å². The van der Waals surface area contributed by atoms with E-state index in [-0.39, 0.29) is 0 Å². The molecule has 1 heteroatoms. The van der Waals surface area contributed by atoms with Crippen LogP contribution in [0.3, 0.4) is 0 Å². The first-order chi connectivity index (χ1) is 8.02. The van der Waals surface area contributed by atoms with E-state index in [1.54, 1.807) is 0 Å². The summed E-state index contributed by atoms with van der Waals surface area (Å²) in [5.41, 5.74) is 4.74. The molecule has 0 heterocycles. The highest BCUT2D eigenvalue weighted by molar-refractivity contribution is 5.58. The third-order valence-corrected chi connectivity index (χ3v) is 4.06. The van der Waals surface area contributed by atoms with Gasteiger partial charge in [0.25, 0.3) is 0 Å². The highest BCUT2D eigenvalue weighted by atomic mass is 14.9. The van der Waals surface area contributed by atoms with E-state index in [0.29, 0.717) is 11.5 Å². The predicted octanol–water partition coefficient (Wildman–Crippen LogP) is 4.55. The molecule has 0 radical (unpaired) electrons. The van der Waals surface area contributed by atoms with E-state index in [0.717, 1.165) is 6.42 Å². The molecule has 1 fully saturated rings. The molecule has 0 aliphatic heterocycles. The van der Waals surface area contributed by atoms with Crippen molar-refractivity contribution in [2.24, 2.45) is 5.41 Å². The number of hydrogen-bond donors (Lipinski definition) is 1. The molecule has 1 aromatic rings. The minimum absolute atomic E-state index is 0.521. The Morgan fingerprint density at radius 2 is 2.12 bits per heavy atom. The van der Waals surface area contributed by atoms with E-state index >= 15 is 0 Å². The van der Waals surface area contributed by atoms with Crippen molar-refractivity contribution in [3.63, 3.8) is 0 Å². The van der Waals surface area contributed by atoms with Gasteiger partial charge < -0.3 is 5.32 Å². The largest absolute Gasteiger partial charge is 0.382 e. The van der Waals surface area contributed by atoms with Crippen LogP contribution in [0.15, 0.2) is 18.2 Å². The second kappa shape index (κ2) is 4.72. The van der Waals surface area contributed by atoms with Crippen LogP contribution in [0.1, 0.15) is 51.2 Å². The molecular formula is C16H25N. The van der Waals surface area contributed by atoms with Gasteiger partial charge in [-0.15, -0.1) is 0 Å². The summed E-state index contributed by atoms with van der Waals surface area (Å²) in [5, 5.41) is 3.78. The number of benzene rings is 1. The lowest BCUT2D eigenvalue weighted by Gasteiger charge is -2.21. The Morgan fingerprint density at radius 3 is 2.71 bits per heavy atom. The Labute approximate surface area is 106 Å². The van der Waals surface area contributed by atoms with Crippen molar-refractivity contribution >= 4 is 5.69 Å². The van der Waals surface area contributed by atoms with Gasteiger partial charge in [-0.1, -0.05) is 39.0 Å². The Hall–Kier alpha value is -0.980. The molecule has 1 aliphatic rings. The maximum atomic E-state index is 3.78. The molecule has 1 nitrogen and oxygen atoms in total. The summed E-state index contributed by atoms with van der Waals surface area (Å²) in [7, 11) is 0. The molecular weight excluding hydrogens is 206 g/mol. The highest BCUT2D eigenvalue weighted by Gasteiger charge is 2.31. The van der Waals surface area contributed by atoms with Gasteiger partial charge in [-0.25, -0.2) is 0 Å². The highest BCUT2D eigenvalue weighted by Crippen LogP contribution is 2.39. The van der Waals surface area contributed by atoms with E-state index in [1.165, 1.54) is 36.1 Å². The predicted molar refractivity (Wildman–Crippen MR) is 75.6 cm³/mol. The molecule has 1 unspecified atom stereocenters. The molecule has 0 amide bonds. The van der Waals surface area contributed by atoms with Crippen LogP contribution in [0.5, 0.6) is 0 Å². The van der Waals surface area contributed by atoms with Crippen LogP contribution in [-0.4, -0.2) is 6.04 Å². The number of nitrogens with one attached hydrogen (secondary N) is 1. The summed E-state index contributed by atoms with van der Waals surface area (Å²) in [6.07, 6.45) is 5.06. The number of para-hydroxylation sites is 1. The number of anilines is 1. The summed E-state index contributed by atoms with van der Waals surface area (Å²) in [6.45, 7) is 9.21. The van der Waals surface area contributed by atoms with Crippen molar-refractivity contribution in [2.45, 2.75) is 59.4 Å². The van der Waals surface area contributed by atoms with Gasteiger partial charge in [0.2, 0.25) is 0 Å². The third kappa shape index (κ3) is 2.83. The first-order valence-corrected chi connectivity index (χ1v) is 6.87. The van der Waals surface area contributed by atoms with E-state index in [4.69, 9.17) is 0 Å². The monoisotopic (exact) mass is 231 g/mol. The fraction of sp³-hybridized carbons (Fsp3) is 0.625. The maximum absolute atomic E-state index is 3.78. The van der Waals surface area contributed by atoms with E-state index in [9.17, 15) is 0 Å². The van der Waals surface area contributed by atoms with Gasteiger partial charge in [0.05, 0.1) is 0 Å². The number of hydrogen-bond acceptors (Lipinski definition) is 1. The Bertz CT molecular complexity index is 393. The first kappa shape index (κ1) is 12.5. The standard InChI is InChI=1S/C16H25N/c1-5-13-8-6-7-12(2)15(13)17-14-9-10-16(3,4)11-14/h6-8,14,17H,5,9-11H2,1-4H3. The third-order valence-electron chi connectivity index (χ3n) is 4.06. The molecule has 1 N–H and O–H groups in total. The van der Waals surface area contributed by atoms with Crippen molar-refractivity contribution in [1.29, 1.82) is 0 Å². The molecule has 0 aromatic heterocycles. The lowest BCUT2D eigenvalue weighted by Crippen LogP contribution is -2.19. The zero-order chi connectivity index (χ0) is 12.5. The summed E-state index contributed by atoms with van der Waals surface area (Å²) >= 11 is 0. The van der Waals surface area contributed by atoms with Gasteiger partial charge in [-0.2, -0.15) is 0 Å². The molecule has 2 rings (SSSR count). The van der Waals surface area contributed by atoms with Crippen molar-refractivity contribution in [3.8, 4) is 0 Å². The second-order valence-electron chi connectivity index (χ2n) is 6.21. The fourth-order valence-electron chi connectivity index (χ4n) is 2.99. The zero-order valence-electron chi connectivity index (χ0n) is 11.6. The molecule has 17 heavy (non-hydrogen) atoms. The van der Waals surface area contributed by atoms with Crippen LogP contribution >= 0.6 is 0 Å². The summed E-state index contributed by atoms with van der Waals surface area (Å²) < 4.78 is 0. The van der Waals surface area contributed by atoms with Gasteiger partial charge >= 0.3 is 0 Å². The van der Waals surface area contributed by atoms with Crippen molar-refractivity contribution in [3.05, 3.63) is 29.3 Å². The molecule has 1 aromatic carbocycles. The molecule has 1 aliphatic carbocycles. The molecule has 0 saturated heterocycles. The Balaban J connectivity index is 2.14. The van der Waals surface area contributed by atoms with Gasteiger partial charge in [-0.3, -0.25) is 0 Å². The first-order valence-electron chi connectivity index (χ1n) is 6.87. The summed E-state index contributed by atoms with van der Waals surface area (Å²) in [6, 6.07) is 7.28. The van der Waals surface area contributed by atoms with Gasteiger partial charge in [0.1, 0.15) is 0 Å². The van der Waals surface area contributed by atoms with Crippen LogP contribution < -0.4 is 5.32 Å². The van der Waals surface area contributed by atoms with Crippen LogP contribution in [0.2, 0.25) is 0 Å². The molecule has 1 atom stereocenters. The average molecular weight is 231 g/mol. The zero-order valence-corrected chi connectivity index (χ0v) is 11.6. The van der Waals surface area contributed by atoms with Gasteiger partial charge in [0.15, 0.2) is 0 Å². The van der Waals surface area contributed by atoms with Crippen LogP contribution in [0, 0.1) is 12.3 Å².